The third kappa shape index (κ3) is 1.78. The Kier molecular flexibility index (Phi) is 2.84. The third-order valence-electron chi connectivity index (χ3n) is 5.13. The van der Waals surface area contributed by atoms with E-state index in [1.165, 1.54) is 7.11 Å². The Morgan fingerprint density at radius 3 is 2.78 bits per heavy atom. The number of methoxy groups -OCH3 is 1. The van der Waals surface area contributed by atoms with E-state index in [1.54, 1.807) is 6.92 Å². The second kappa shape index (κ2) is 4.58. The average molecular weight is 319 g/mol. The molecule has 1 aliphatic carbocycles. The highest BCUT2D eigenvalue weighted by Gasteiger charge is 2.62. The summed E-state index contributed by atoms with van der Waals surface area (Å²) in [5.41, 5.74) is 6.21. The number of allylic oxidation sites excluding steroid dienone is 2. The van der Waals surface area contributed by atoms with E-state index in [0.717, 1.165) is 0 Å². The second-order valence-electron chi connectivity index (χ2n) is 6.26. The van der Waals surface area contributed by atoms with E-state index in [9.17, 15) is 14.4 Å². The number of piperazine rings is 1. The summed E-state index contributed by atoms with van der Waals surface area (Å²) in [6.45, 7) is 2.26. The van der Waals surface area contributed by atoms with Crippen LogP contribution in [0.3, 0.4) is 0 Å². The van der Waals surface area contributed by atoms with Gasteiger partial charge >= 0.3 is 6.09 Å². The Labute approximate surface area is 132 Å². The molecule has 4 aliphatic rings. The summed E-state index contributed by atoms with van der Waals surface area (Å²) in [5.74, 6) is -0.801. The minimum absolute atomic E-state index is 0.0186. The lowest BCUT2D eigenvalue weighted by Crippen LogP contribution is -2.40. The lowest BCUT2D eigenvalue weighted by Gasteiger charge is -2.27. The van der Waals surface area contributed by atoms with Crippen molar-refractivity contribution in [2.75, 3.05) is 20.3 Å². The van der Waals surface area contributed by atoms with Gasteiger partial charge in [0.25, 0.3) is 0 Å². The Morgan fingerprint density at radius 2 is 2.13 bits per heavy atom. The topological polar surface area (TPSA) is 121 Å². The summed E-state index contributed by atoms with van der Waals surface area (Å²) in [6, 6.07) is 0.455. The van der Waals surface area contributed by atoms with Crippen molar-refractivity contribution in [2.24, 2.45) is 11.7 Å². The molecule has 0 aromatic heterocycles. The first-order valence-corrected chi connectivity index (χ1v) is 7.49. The number of hydrogen-bond acceptors (Lipinski definition) is 7. The van der Waals surface area contributed by atoms with Gasteiger partial charge in [0.15, 0.2) is 5.76 Å². The smallest absolute Gasteiger partial charge is 0.404 e. The first kappa shape index (κ1) is 14.3. The van der Waals surface area contributed by atoms with Gasteiger partial charge in [0.2, 0.25) is 11.6 Å². The standard InChI is InChI=1S/C15H17N3O5/c1-5-12(19)11-8(13(20)14(5)22-2)6(4-23-15(16)21)10-9-7(17-9)3-18(10)11/h6-7,9-10,17H,3-4H2,1-2H3,(H2,16,21)/t6-,7+,9+,10+/m1/s1. The van der Waals surface area contributed by atoms with Gasteiger partial charge in [-0.05, 0) is 6.92 Å². The van der Waals surface area contributed by atoms with Crippen molar-refractivity contribution in [3.63, 3.8) is 0 Å². The minimum Gasteiger partial charge on any atom is -0.492 e. The summed E-state index contributed by atoms with van der Waals surface area (Å²) in [6.07, 6.45) is -0.892. The maximum atomic E-state index is 12.8. The number of hydrogen-bond donors (Lipinski definition) is 2. The van der Waals surface area contributed by atoms with Gasteiger partial charge in [0.1, 0.15) is 6.61 Å². The van der Waals surface area contributed by atoms with Crippen LogP contribution in [0.25, 0.3) is 0 Å². The zero-order valence-corrected chi connectivity index (χ0v) is 12.8. The van der Waals surface area contributed by atoms with E-state index >= 15 is 0 Å². The van der Waals surface area contributed by atoms with Crippen molar-refractivity contribution in [2.45, 2.75) is 25.0 Å². The fourth-order valence-electron chi connectivity index (χ4n) is 4.13. The van der Waals surface area contributed by atoms with E-state index in [1.807, 2.05) is 4.90 Å². The van der Waals surface area contributed by atoms with Gasteiger partial charge in [0, 0.05) is 35.7 Å². The van der Waals surface area contributed by atoms with Crippen LogP contribution in [0.1, 0.15) is 6.92 Å². The molecule has 0 aromatic carbocycles. The van der Waals surface area contributed by atoms with E-state index < -0.39 is 6.09 Å². The molecule has 2 fully saturated rings. The summed E-state index contributed by atoms with van der Waals surface area (Å²) in [4.78, 5) is 38.5. The molecule has 0 bridgehead atoms. The van der Waals surface area contributed by atoms with Crippen LogP contribution in [0.5, 0.6) is 0 Å². The molecule has 0 spiro atoms. The highest BCUT2D eigenvalue weighted by atomic mass is 16.5. The molecule has 122 valence electrons. The van der Waals surface area contributed by atoms with E-state index in [0.29, 0.717) is 29.4 Å². The van der Waals surface area contributed by atoms with Crippen molar-refractivity contribution in [3.05, 3.63) is 22.6 Å². The van der Waals surface area contributed by atoms with Gasteiger partial charge in [-0.3, -0.25) is 9.59 Å². The maximum absolute atomic E-state index is 12.8. The molecule has 1 amide bonds. The molecule has 0 radical (unpaired) electrons. The number of ether oxygens (including phenoxy) is 2. The number of amides is 1. The molecule has 3 heterocycles. The van der Waals surface area contributed by atoms with E-state index in [2.05, 4.69) is 5.32 Å². The highest BCUT2D eigenvalue weighted by Crippen LogP contribution is 2.48. The van der Waals surface area contributed by atoms with Crippen LogP contribution in [0.15, 0.2) is 22.6 Å². The lowest BCUT2D eigenvalue weighted by molar-refractivity contribution is -0.119. The molecule has 4 atom stereocenters. The fraction of sp³-hybridized carbons (Fsp3) is 0.533. The zero-order valence-electron chi connectivity index (χ0n) is 12.8. The predicted molar refractivity (Wildman–Crippen MR) is 77.0 cm³/mol. The molecule has 4 rings (SSSR count). The van der Waals surface area contributed by atoms with E-state index in [-0.39, 0.29) is 41.9 Å². The maximum Gasteiger partial charge on any atom is 0.404 e. The number of Topliss-reactive ketones (excluding diaryl/α,β-unsaturated/α-hetero) is 2. The molecule has 23 heavy (non-hydrogen) atoms. The van der Waals surface area contributed by atoms with Gasteiger partial charge in [-0.15, -0.1) is 0 Å². The number of nitrogens with one attached hydrogen (secondary N) is 1. The zero-order chi connectivity index (χ0) is 16.5. The van der Waals surface area contributed by atoms with Crippen LogP contribution in [0.2, 0.25) is 0 Å². The predicted octanol–water partition coefficient (Wildman–Crippen LogP) is -0.938. The van der Waals surface area contributed by atoms with Crippen molar-refractivity contribution >= 4 is 17.7 Å². The van der Waals surface area contributed by atoms with Gasteiger partial charge in [0.05, 0.1) is 18.8 Å². The van der Waals surface area contributed by atoms with Crippen LogP contribution in [-0.4, -0.2) is 60.9 Å². The number of nitrogens with zero attached hydrogens (tertiary/aromatic N) is 1. The Bertz CT molecular complexity index is 710. The van der Waals surface area contributed by atoms with E-state index in [4.69, 9.17) is 15.2 Å². The Balaban J connectivity index is 1.76. The summed E-state index contributed by atoms with van der Waals surface area (Å²) < 4.78 is 10.1. The van der Waals surface area contributed by atoms with Crippen molar-refractivity contribution in [3.8, 4) is 0 Å². The summed E-state index contributed by atoms with van der Waals surface area (Å²) in [5, 5.41) is 3.33. The lowest BCUT2D eigenvalue weighted by atomic mass is 9.85. The van der Waals surface area contributed by atoms with Crippen molar-refractivity contribution < 1.29 is 23.9 Å². The van der Waals surface area contributed by atoms with Gasteiger partial charge in [-0.25, -0.2) is 4.79 Å². The number of ketones is 2. The molecule has 0 unspecified atom stereocenters. The number of primary amides is 1. The number of rotatable bonds is 3. The van der Waals surface area contributed by atoms with Gasteiger partial charge < -0.3 is 25.4 Å². The number of carbonyl (C=O) groups is 3. The molecular formula is C15H17N3O5. The minimum atomic E-state index is -0.892. The van der Waals surface area contributed by atoms with Crippen LogP contribution >= 0.6 is 0 Å². The Morgan fingerprint density at radius 1 is 1.39 bits per heavy atom. The van der Waals surface area contributed by atoms with Gasteiger partial charge in [-0.2, -0.15) is 0 Å². The molecule has 0 aromatic rings. The average Bonchev–Trinajstić information content (AvgIpc) is 3.04. The second-order valence-corrected chi connectivity index (χ2v) is 6.26. The number of fused-ring (bicyclic) bond motifs is 4. The largest absolute Gasteiger partial charge is 0.492 e. The van der Waals surface area contributed by atoms with Crippen LogP contribution in [0.4, 0.5) is 4.79 Å². The monoisotopic (exact) mass is 319 g/mol. The summed E-state index contributed by atoms with van der Waals surface area (Å²) >= 11 is 0. The normalized spacial score (nSPS) is 34.4. The van der Waals surface area contributed by atoms with Crippen LogP contribution < -0.4 is 11.1 Å². The molecule has 0 saturated carbocycles. The fourth-order valence-corrected chi connectivity index (χ4v) is 4.13. The number of nitrogens with two attached hydrogens (primary N) is 1. The highest BCUT2D eigenvalue weighted by molar-refractivity contribution is 6.24. The molecule has 8 heteroatoms. The van der Waals surface area contributed by atoms with Crippen LogP contribution in [-0.2, 0) is 19.1 Å². The molecule has 3 aliphatic heterocycles. The van der Waals surface area contributed by atoms with Crippen LogP contribution in [0, 0.1) is 5.92 Å². The molecule has 3 N–H and O–H groups in total. The molecule has 2 saturated heterocycles. The SMILES string of the molecule is COC1=C(C)C(=O)C2=C(C1=O)[C@@H](COC(N)=O)[C@H]1[C@H]3N[C@H]3CN21. The summed E-state index contributed by atoms with van der Waals surface area (Å²) in [7, 11) is 1.37. The van der Waals surface area contributed by atoms with Gasteiger partial charge in [-0.1, -0.05) is 0 Å². The molecule has 8 nitrogen and oxygen atoms in total. The first-order chi connectivity index (χ1) is 11.0. The Hall–Kier alpha value is -2.35. The number of carbonyl (C=O) groups excluding carboxylic acids is 3. The molecular weight excluding hydrogens is 302 g/mol. The third-order valence-corrected chi connectivity index (χ3v) is 5.13. The van der Waals surface area contributed by atoms with Crippen molar-refractivity contribution in [1.29, 1.82) is 0 Å². The first-order valence-electron chi connectivity index (χ1n) is 7.49. The quantitative estimate of drug-likeness (QED) is 0.509. The van der Waals surface area contributed by atoms with Crippen molar-refractivity contribution in [1.82, 2.24) is 10.2 Å².